The Bertz CT molecular complexity index is 918. The van der Waals surface area contributed by atoms with Gasteiger partial charge in [0.05, 0.1) is 5.56 Å². The van der Waals surface area contributed by atoms with Gasteiger partial charge in [0.2, 0.25) is 5.88 Å². The zero-order chi connectivity index (χ0) is 26.2. The molecule has 2 rings (SSSR count). The highest BCUT2D eigenvalue weighted by Gasteiger charge is 2.15. The zero-order valence-corrected chi connectivity index (χ0v) is 22.0. The Morgan fingerprint density at radius 3 is 2.08 bits per heavy atom. The van der Waals surface area contributed by atoms with Crippen LogP contribution in [0.15, 0.2) is 29.1 Å². The Hall–Kier alpha value is -2.44. The maximum atomic E-state index is 14.1. The van der Waals surface area contributed by atoms with Crippen molar-refractivity contribution in [3.8, 4) is 23.0 Å². The Labute approximate surface area is 214 Å². The zero-order valence-electron chi connectivity index (χ0n) is 22.0. The number of H-pyrrole nitrogens is 1. The normalized spacial score (nSPS) is 13.0. The summed E-state index contributed by atoms with van der Waals surface area (Å²) in [6.45, 7) is 4.30. The molecule has 1 aromatic carbocycles. The van der Waals surface area contributed by atoms with Gasteiger partial charge < -0.3 is 14.8 Å². The number of aromatic amines is 1. The first kappa shape index (κ1) is 29.8. The molecule has 1 heterocycles. The number of nitrogens with one attached hydrogen (secondary N) is 1. The first-order chi connectivity index (χ1) is 17.4. The Balaban J connectivity index is 1.82. The van der Waals surface area contributed by atoms with Crippen molar-refractivity contribution in [2.24, 2.45) is 0 Å². The van der Waals surface area contributed by atoms with Crippen molar-refractivity contribution in [3.63, 3.8) is 0 Å². The highest BCUT2D eigenvalue weighted by Crippen LogP contribution is 2.23. The predicted molar refractivity (Wildman–Crippen MR) is 142 cm³/mol. The second-order valence-electron chi connectivity index (χ2n) is 9.69. The fourth-order valence-corrected chi connectivity index (χ4v) is 4.21. The second kappa shape index (κ2) is 17.1. The van der Waals surface area contributed by atoms with E-state index in [4.69, 9.17) is 4.74 Å². The van der Waals surface area contributed by atoms with Crippen molar-refractivity contribution in [1.82, 2.24) is 9.97 Å². The third kappa shape index (κ3) is 11.1. The molecule has 0 saturated heterocycles. The van der Waals surface area contributed by atoms with Crippen LogP contribution in [0.25, 0.3) is 11.4 Å². The standard InChI is InChI=1S/C29H44F2N2O3/c1-3-5-7-9-10-12-14-24(31)21-36-25-18-15-22(16-19-25)27-32-28(34)26(29(35)33-27)20-17-23(30)13-11-8-6-4-2/h15-16,18-19,23-24H,3-14,17,20-21H2,1-2H3,(H2,32,33,34,35)/t23-,24-/m1/s1. The molecule has 0 aliphatic carbocycles. The summed E-state index contributed by atoms with van der Waals surface area (Å²) in [5.74, 6) is 0.373. The molecule has 0 aliphatic heterocycles. The van der Waals surface area contributed by atoms with Gasteiger partial charge in [-0.3, -0.25) is 4.79 Å². The quantitative estimate of drug-likeness (QED) is 0.190. The number of halogens is 2. The van der Waals surface area contributed by atoms with E-state index in [1.54, 1.807) is 24.3 Å². The molecule has 0 fully saturated rings. The Kier molecular flexibility index (Phi) is 14.1. The molecule has 2 N–H and O–H groups in total. The number of benzene rings is 1. The van der Waals surface area contributed by atoms with Gasteiger partial charge >= 0.3 is 0 Å². The molecule has 1 aromatic heterocycles. The van der Waals surface area contributed by atoms with Crippen LogP contribution >= 0.6 is 0 Å². The van der Waals surface area contributed by atoms with Gasteiger partial charge in [0.15, 0.2) is 0 Å². The Morgan fingerprint density at radius 1 is 0.861 bits per heavy atom. The van der Waals surface area contributed by atoms with Crippen LogP contribution in [0.1, 0.15) is 103 Å². The number of alkyl halides is 2. The third-order valence-corrected chi connectivity index (χ3v) is 6.50. The average Bonchev–Trinajstić information content (AvgIpc) is 2.87. The van der Waals surface area contributed by atoms with Crippen LogP contribution in [0.4, 0.5) is 8.78 Å². The molecular formula is C29H44F2N2O3. The van der Waals surface area contributed by atoms with E-state index < -0.39 is 17.9 Å². The van der Waals surface area contributed by atoms with Crippen molar-refractivity contribution in [2.45, 2.75) is 116 Å². The molecule has 7 heteroatoms. The van der Waals surface area contributed by atoms with Gasteiger partial charge in [-0.15, -0.1) is 0 Å². The van der Waals surface area contributed by atoms with Gasteiger partial charge in [0.25, 0.3) is 5.56 Å². The lowest BCUT2D eigenvalue weighted by Gasteiger charge is -2.11. The lowest BCUT2D eigenvalue weighted by atomic mass is 10.0. The van der Waals surface area contributed by atoms with Crippen LogP contribution in [-0.2, 0) is 6.42 Å². The first-order valence-electron chi connectivity index (χ1n) is 13.8. The van der Waals surface area contributed by atoms with Gasteiger partial charge in [-0.05, 0) is 49.9 Å². The van der Waals surface area contributed by atoms with Crippen LogP contribution in [-0.4, -0.2) is 34.0 Å². The fraction of sp³-hybridized carbons (Fsp3) is 0.655. The molecule has 36 heavy (non-hydrogen) atoms. The third-order valence-electron chi connectivity index (χ3n) is 6.50. The SMILES string of the molecule is CCCCCCCC[C@@H](F)COc1ccc(-c2nc(O)c(CC[C@H](F)CCCCCC)c(=O)[nH]2)cc1. The van der Waals surface area contributed by atoms with E-state index in [0.29, 0.717) is 24.2 Å². The molecule has 5 nitrogen and oxygen atoms in total. The molecule has 0 aliphatic rings. The molecule has 2 aromatic rings. The lowest BCUT2D eigenvalue weighted by molar-refractivity contribution is 0.184. The number of unbranched alkanes of at least 4 members (excludes halogenated alkanes) is 8. The summed E-state index contributed by atoms with van der Waals surface area (Å²) in [6.07, 6.45) is 10.1. The van der Waals surface area contributed by atoms with Crippen molar-refractivity contribution < 1.29 is 18.6 Å². The van der Waals surface area contributed by atoms with E-state index in [1.165, 1.54) is 19.3 Å². The maximum Gasteiger partial charge on any atom is 0.258 e. The first-order valence-corrected chi connectivity index (χ1v) is 13.8. The summed E-state index contributed by atoms with van der Waals surface area (Å²) < 4.78 is 33.8. The molecule has 0 saturated carbocycles. The maximum absolute atomic E-state index is 14.1. The summed E-state index contributed by atoms with van der Waals surface area (Å²) in [7, 11) is 0. The minimum Gasteiger partial charge on any atom is -0.493 e. The van der Waals surface area contributed by atoms with Crippen LogP contribution in [0.2, 0.25) is 0 Å². The molecule has 202 valence electrons. The van der Waals surface area contributed by atoms with Crippen LogP contribution in [0.5, 0.6) is 11.6 Å². The molecule has 0 radical (unpaired) electrons. The fourth-order valence-electron chi connectivity index (χ4n) is 4.21. The van der Waals surface area contributed by atoms with Gasteiger partial charge in [0, 0.05) is 5.56 Å². The second-order valence-corrected chi connectivity index (χ2v) is 9.69. The van der Waals surface area contributed by atoms with Crippen molar-refractivity contribution in [2.75, 3.05) is 6.61 Å². The van der Waals surface area contributed by atoms with E-state index >= 15 is 0 Å². The smallest absolute Gasteiger partial charge is 0.258 e. The molecule has 0 bridgehead atoms. The minimum atomic E-state index is -1.00. The van der Waals surface area contributed by atoms with Gasteiger partial charge in [-0.25, -0.2) is 8.78 Å². The molecule has 0 unspecified atom stereocenters. The van der Waals surface area contributed by atoms with E-state index in [1.807, 2.05) is 0 Å². The summed E-state index contributed by atoms with van der Waals surface area (Å²) >= 11 is 0. The number of hydrogen-bond acceptors (Lipinski definition) is 4. The number of rotatable bonds is 19. The largest absolute Gasteiger partial charge is 0.493 e. The van der Waals surface area contributed by atoms with Crippen LogP contribution < -0.4 is 10.3 Å². The van der Waals surface area contributed by atoms with E-state index in [2.05, 4.69) is 23.8 Å². The number of nitrogens with zero attached hydrogens (tertiary/aromatic N) is 1. The van der Waals surface area contributed by atoms with Crippen LogP contribution in [0.3, 0.4) is 0 Å². The van der Waals surface area contributed by atoms with Gasteiger partial charge in [-0.2, -0.15) is 4.98 Å². The summed E-state index contributed by atoms with van der Waals surface area (Å²) in [5.41, 5.74) is 0.227. The average molecular weight is 507 g/mol. The molecule has 0 spiro atoms. The van der Waals surface area contributed by atoms with Crippen molar-refractivity contribution in [3.05, 3.63) is 40.2 Å². The number of aromatic hydroxyl groups is 1. The lowest BCUT2D eigenvalue weighted by Crippen LogP contribution is -2.17. The van der Waals surface area contributed by atoms with Gasteiger partial charge in [0.1, 0.15) is 30.5 Å². The number of hydrogen-bond donors (Lipinski definition) is 2. The van der Waals surface area contributed by atoms with E-state index in [0.717, 1.165) is 44.9 Å². The summed E-state index contributed by atoms with van der Waals surface area (Å²) in [5, 5.41) is 10.3. The molecule has 2 atom stereocenters. The summed E-state index contributed by atoms with van der Waals surface area (Å²) in [4.78, 5) is 19.3. The minimum absolute atomic E-state index is 0.00699. The van der Waals surface area contributed by atoms with Crippen LogP contribution in [0, 0.1) is 0 Å². The molecule has 0 amide bonds. The highest BCUT2D eigenvalue weighted by atomic mass is 19.1. The highest BCUT2D eigenvalue weighted by molar-refractivity contribution is 5.57. The van der Waals surface area contributed by atoms with E-state index in [-0.39, 0.29) is 36.7 Å². The number of ether oxygens (including phenoxy) is 1. The monoisotopic (exact) mass is 506 g/mol. The molecular weight excluding hydrogens is 462 g/mol. The summed E-state index contributed by atoms with van der Waals surface area (Å²) in [6, 6.07) is 6.76. The topological polar surface area (TPSA) is 75.2 Å². The van der Waals surface area contributed by atoms with E-state index in [9.17, 15) is 18.7 Å². The predicted octanol–water partition coefficient (Wildman–Crippen LogP) is 7.85. The Morgan fingerprint density at radius 2 is 1.44 bits per heavy atom. The van der Waals surface area contributed by atoms with Crippen molar-refractivity contribution >= 4 is 0 Å². The van der Waals surface area contributed by atoms with Gasteiger partial charge in [-0.1, -0.05) is 78.1 Å². The number of aromatic nitrogens is 2. The van der Waals surface area contributed by atoms with Crippen molar-refractivity contribution in [1.29, 1.82) is 0 Å².